The molecular weight excluding hydrogens is 248 g/mol. The van der Waals surface area contributed by atoms with Gasteiger partial charge in [-0.3, -0.25) is 0 Å². The monoisotopic (exact) mass is 257 g/mol. The Kier molecular flexibility index (Phi) is 3.56. The third-order valence-corrected chi connectivity index (χ3v) is 3.23. The molecular formula is C11H9F2NS2. The largest absolute Gasteiger partial charge is 0.241 e. The summed E-state index contributed by atoms with van der Waals surface area (Å²) in [6.07, 6.45) is 0.733. The van der Waals surface area contributed by atoms with Crippen LogP contribution in [0.3, 0.4) is 0 Å². The van der Waals surface area contributed by atoms with Gasteiger partial charge >= 0.3 is 0 Å². The van der Waals surface area contributed by atoms with Crippen molar-refractivity contribution < 1.29 is 8.78 Å². The average Bonchev–Trinajstić information content (AvgIpc) is 2.71. The number of aromatic nitrogens is 1. The average molecular weight is 257 g/mol. The fraction of sp³-hybridized carbons (Fsp3) is 0.182. The first-order valence-electron chi connectivity index (χ1n) is 4.71. The highest BCUT2D eigenvalue weighted by molar-refractivity contribution is 7.80. The predicted octanol–water partition coefficient (Wildman–Crippen LogP) is 3.56. The molecule has 0 aliphatic carbocycles. The molecule has 0 amide bonds. The zero-order valence-electron chi connectivity index (χ0n) is 8.28. The van der Waals surface area contributed by atoms with Crippen LogP contribution in [-0.2, 0) is 6.42 Å². The van der Waals surface area contributed by atoms with Gasteiger partial charge in [0, 0.05) is 10.9 Å². The van der Waals surface area contributed by atoms with Gasteiger partial charge in [0.2, 0.25) is 0 Å². The molecule has 0 fully saturated rings. The second kappa shape index (κ2) is 4.93. The second-order valence-electron chi connectivity index (χ2n) is 3.24. The Balaban J connectivity index is 2.38. The summed E-state index contributed by atoms with van der Waals surface area (Å²) < 4.78 is 26.4. The van der Waals surface area contributed by atoms with Crippen LogP contribution < -0.4 is 0 Å². The van der Waals surface area contributed by atoms with E-state index in [1.807, 2.05) is 5.38 Å². The molecule has 1 aromatic carbocycles. The van der Waals surface area contributed by atoms with Crippen LogP contribution in [0.25, 0.3) is 10.6 Å². The minimum atomic E-state index is -0.456. The number of hydrogen-bond donors (Lipinski definition) is 1. The molecule has 0 atom stereocenters. The van der Waals surface area contributed by atoms with Crippen LogP contribution in [0.5, 0.6) is 0 Å². The molecule has 0 N–H and O–H groups in total. The smallest absolute Gasteiger partial charge is 0.133 e. The van der Waals surface area contributed by atoms with E-state index >= 15 is 0 Å². The highest BCUT2D eigenvalue weighted by Crippen LogP contribution is 2.27. The van der Waals surface area contributed by atoms with Crippen molar-refractivity contribution in [1.82, 2.24) is 4.98 Å². The summed E-state index contributed by atoms with van der Waals surface area (Å²) in [4.78, 5) is 4.24. The lowest BCUT2D eigenvalue weighted by Crippen LogP contribution is -1.88. The van der Waals surface area contributed by atoms with Crippen molar-refractivity contribution in [2.75, 3.05) is 5.75 Å². The number of nitrogens with zero attached hydrogens (tertiary/aromatic N) is 1. The van der Waals surface area contributed by atoms with Crippen LogP contribution >= 0.6 is 24.0 Å². The Bertz CT molecular complexity index is 496. The lowest BCUT2D eigenvalue weighted by atomic mass is 10.2. The van der Waals surface area contributed by atoms with Crippen molar-refractivity contribution in [3.8, 4) is 10.6 Å². The third kappa shape index (κ3) is 2.41. The van der Waals surface area contributed by atoms with Crippen LogP contribution in [0.1, 0.15) is 5.69 Å². The molecule has 0 saturated carbocycles. The molecule has 0 bridgehead atoms. The molecule has 0 aliphatic heterocycles. The SMILES string of the molecule is Fc1ccc(F)c(-c2nc(CCS)cs2)c1. The van der Waals surface area contributed by atoms with Gasteiger partial charge in [0.15, 0.2) is 0 Å². The standard InChI is InChI=1S/C11H9F2NS2/c12-7-1-2-10(13)9(5-7)11-14-8(3-4-15)6-16-11/h1-2,5-6,15H,3-4H2. The van der Waals surface area contributed by atoms with Gasteiger partial charge in [-0.2, -0.15) is 12.6 Å². The van der Waals surface area contributed by atoms with E-state index in [9.17, 15) is 8.78 Å². The Labute approximate surface area is 102 Å². The Morgan fingerprint density at radius 2 is 2.12 bits per heavy atom. The zero-order valence-corrected chi connectivity index (χ0v) is 9.99. The predicted molar refractivity (Wildman–Crippen MR) is 65.0 cm³/mol. The van der Waals surface area contributed by atoms with Crippen molar-refractivity contribution in [3.63, 3.8) is 0 Å². The maximum Gasteiger partial charge on any atom is 0.133 e. The van der Waals surface area contributed by atoms with Gasteiger partial charge in [0.25, 0.3) is 0 Å². The molecule has 2 aromatic rings. The van der Waals surface area contributed by atoms with E-state index in [4.69, 9.17) is 0 Å². The highest BCUT2D eigenvalue weighted by Gasteiger charge is 2.10. The summed E-state index contributed by atoms with van der Waals surface area (Å²) in [7, 11) is 0. The van der Waals surface area contributed by atoms with Crippen LogP contribution in [0.4, 0.5) is 8.78 Å². The maximum absolute atomic E-state index is 13.4. The van der Waals surface area contributed by atoms with Gasteiger partial charge in [-0.15, -0.1) is 11.3 Å². The lowest BCUT2D eigenvalue weighted by Gasteiger charge is -1.98. The van der Waals surface area contributed by atoms with E-state index in [2.05, 4.69) is 17.6 Å². The fourth-order valence-corrected chi connectivity index (χ4v) is 2.42. The van der Waals surface area contributed by atoms with Crippen molar-refractivity contribution >= 4 is 24.0 Å². The van der Waals surface area contributed by atoms with E-state index < -0.39 is 11.6 Å². The van der Waals surface area contributed by atoms with Gasteiger partial charge in [-0.1, -0.05) is 0 Å². The van der Waals surface area contributed by atoms with Crippen LogP contribution in [0, 0.1) is 11.6 Å². The summed E-state index contributed by atoms with van der Waals surface area (Å²) in [5.41, 5.74) is 1.08. The Morgan fingerprint density at radius 1 is 1.31 bits per heavy atom. The van der Waals surface area contributed by atoms with Gasteiger partial charge in [0.1, 0.15) is 16.6 Å². The maximum atomic E-state index is 13.4. The van der Waals surface area contributed by atoms with Crippen LogP contribution in [-0.4, -0.2) is 10.7 Å². The number of thiol groups is 1. The number of aryl methyl sites for hydroxylation is 1. The summed E-state index contributed by atoms with van der Waals surface area (Å²) in [5.74, 6) is -0.218. The topological polar surface area (TPSA) is 12.9 Å². The van der Waals surface area contributed by atoms with E-state index in [0.29, 0.717) is 10.8 Å². The third-order valence-electron chi connectivity index (χ3n) is 2.08. The minimum absolute atomic E-state index is 0.218. The number of hydrogen-bond acceptors (Lipinski definition) is 3. The molecule has 1 aromatic heterocycles. The summed E-state index contributed by atoms with van der Waals surface area (Å²) >= 11 is 5.41. The van der Waals surface area contributed by atoms with Crippen molar-refractivity contribution in [1.29, 1.82) is 0 Å². The molecule has 0 radical (unpaired) electrons. The molecule has 2 rings (SSSR count). The molecule has 84 valence electrons. The summed E-state index contributed by atoms with van der Waals surface area (Å²) in [6, 6.07) is 3.38. The van der Waals surface area contributed by atoms with E-state index in [1.54, 1.807) is 0 Å². The van der Waals surface area contributed by atoms with Crippen LogP contribution in [0.15, 0.2) is 23.6 Å². The van der Waals surface area contributed by atoms with E-state index in [0.717, 1.165) is 24.2 Å². The highest BCUT2D eigenvalue weighted by atomic mass is 32.1. The van der Waals surface area contributed by atoms with Gasteiger partial charge in [-0.25, -0.2) is 13.8 Å². The summed E-state index contributed by atoms with van der Waals surface area (Å²) in [5, 5.41) is 2.35. The molecule has 0 aliphatic rings. The quantitative estimate of drug-likeness (QED) is 0.830. The van der Waals surface area contributed by atoms with E-state index in [1.165, 1.54) is 17.4 Å². The Morgan fingerprint density at radius 3 is 2.88 bits per heavy atom. The molecule has 1 heterocycles. The minimum Gasteiger partial charge on any atom is -0.241 e. The fourth-order valence-electron chi connectivity index (χ4n) is 1.32. The second-order valence-corrected chi connectivity index (χ2v) is 4.55. The first-order chi connectivity index (χ1) is 7.70. The normalized spacial score (nSPS) is 10.7. The van der Waals surface area contributed by atoms with Crippen LogP contribution in [0.2, 0.25) is 0 Å². The van der Waals surface area contributed by atoms with E-state index in [-0.39, 0.29) is 5.56 Å². The van der Waals surface area contributed by atoms with Crippen molar-refractivity contribution in [2.24, 2.45) is 0 Å². The van der Waals surface area contributed by atoms with Gasteiger partial charge in [-0.05, 0) is 30.4 Å². The number of rotatable bonds is 3. The molecule has 0 unspecified atom stereocenters. The molecule has 1 nitrogen and oxygen atoms in total. The molecule has 0 saturated heterocycles. The van der Waals surface area contributed by atoms with Gasteiger partial charge in [0.05, 0.1) is 5.69 Å². The summed E-state index contributed by atoms with van der Waals surface area (Å²) in [6.45, 7) is 0. The number of thiazole rings is 1. The van der Waals surface area contributed by atoms with Crippen molar-refractivity contribution in [3.05, 3.63) is 40.9 Å². The van der Waals surface area contributed by atoms with Gasteiger partial charge < -0.3 is 0 Å². The first kappa shape index (κ1) is 11.5. The first-order valence-corrected chi connectivity index (χ1v) is 6.22. The zero-order chi connectivity index (χ0) is 11.5. The van der Waals surface area contributed by atoms with Crippen molar-refractivity contribution in [2.45, 2.75) is 6.42 Å². The molecule has 0 spiro atoms. The lowest BCUT2D eigenvalue weighted by molar-refractivity contribution is 0.603. The molecule has 5 heteroatoms. The number of halogens is 2. The molecule has 16 heavy (non-hydrogen) atoms. The number of benzene rings is 1. The Hall–Kier alpha value is -0.940.